The number of carbonyl (C=O) groups is 1. The Morgan fingerprint density at radius 1 is 1.45 bits per heavy atom. The number of benzene rings is 1. The Hall–Kier alpha value is -0.910. The molecule has 0 bridgehead atoms. The van der Waals surface area contributed by atoms with Gasteiger partial charge < -0.3 is 15.7 Å². The van der Waals surface area contributed by atoms with Crippen LogP contribution >= 0.6 is 23.4 Å². The van der Waals surface area contributed by atoms with Gasteiger partial charge in [0.15, 0.2) is 0 Å². The number of halogens is 1. The largest absolute Gasteiger partial charge is 0.387 e. The van der Waals surface area contributed by atoms with Crippen LogP contribution in [0.15, 0.2) is 24.3 Å². The van der Waals surface area contributed by atoms with Crippen molar-refractivity contribution >= 4 is 29.4 Å². The maximum Gasteiger partial charge on any atom is 0.314 e. The van der Waals surface area contributed by atoms with E-state index in [-0.39, 0.29) is 6.03 Å². The van der Waals surface area contributed by atoms with Gasteiger partial charge in [-0.05, 0) is 36.3 Å². The first-order valence-corrected chi connectivity index (χ1v) is 8.17. The molecule has 3 N–H and O–H groups in total. The Morgan fingerprint density at radius 2 is 2.30 bits per heavy atom. The fourth-order valence-electron chi connectivity index (χ4n) is 2.06. The van der Waals surface area contributed by atoms with E-state index in [9.17, 15) is 9.90 Å². The van der Waals surface area contributed by atoms with E-state index in [1.165, 1.54) is 0 Å². The van der Waals surface area contributed by atoms with Crippen molar-refractivity contribution in [3.63, 3.8) is 0 Å². The lowest BCUT2D eigenvalue weighted by molar-refractivity contribution is 0.0700. The molecule has 1 aliphatic rings. The maximum absolute atomic E-state index is 11.6. The number of hydrogen-bond acceptors (Lipinski definition) is 3. The zero-order valence-electron chi connectivity index (χ0n) is 11.2. The van der Waals surface area contributed by atoms with Crippen molar-refractivity contribution in [2.24, 2.45) is 0 Å². The molecule has 0 radical (unpaired) electrons. The zero-order chi connectivity index (χ0) is 14.4. The second-order valence-corrected chi connectivity index (χ2v) is 6.56. The third-order valence-corrected chi connectivity index (χ3v) is 4.72. The summed E-state index contributed by atoms with van der Waals surface area (Å²) in [7, 11) is 0. The first kappa shape index (κ1) is 15.5. The number of nitrogens with one attached hydrogen (secondary N) is 2. The molecule has 2 amide bonds. The quantitative estimate of drug-likeness (QED) is 0.779. The smallest absolute Gasteiger partial charge is 0.314 e. The number of thioether (sulfide) groups is 1. The van der Waals surface area contributed by atoms with Crippen molar-refractivity contribution in [3.8, 4) is 0 Å². The highest BCUT2D eigenvalue weighted by Crippen LogP contribution is 2.26. The minimum Gasteiger partial charge on any atom is -0.387 e. The second-order valence-electron chi connectivity index (χ2n) is 5.02. The van der Waals surface area contributed by atoms with E-state index in [1.54, 1.807) is 11.8 Å². The molecule has 1 aliphatic heterocycles. The van der Waals surface area contributed by atoms with E-state index in [1.807, 2.05) is 24.3 Å². The predicted octanol–water partition coefficient (Wildman–Crippen LogP) is 2.05. The van der Waals surface area contributed by atoms with Gasteiger partial charge in [0, 0.05) is 23.9 Å². The van der Waals surface area contributed by atoms with Gasteiger partial charge in [-0.3, -0.25) is 0 Å². The van der Waals surface area contributed by atoms with Gasteiger partial charge in [0.05, 0.1) is 5.60 Å². The molecule has 4 nitrogen and oxygen atoms in total. The number of amides is 2. The van der Waals surface area contributed by atoms with E-state index in [4.69, 9.17) is 11.6 Å². The van der Waals surface area contributed by atoms with Crippen LogP contribution in [0.4, 0.5) is 4.79 Å². The lowest BCUT2D eigenvalue weighted by Crippen LogP contribution is -2.46. The van der Waals surface area contributed by atoms with Gasteiger partial charge >= 0.3 is 6.03 Å². The van der Waals surface area contributed by atoms with Crippen LogP contribution in [-0.2, 0) is 6.42 Å². The summed E-state index contributed by atoms with van der Waals surface area (Å²) in [6.45, 7) is 0.850. The van der Waals surface area contributed by atoms with E-state index in [2.05, 4.69) is 10.6 Å². The summed E-state index contributed by atoms with van der Waals surface area (Å²) >= 11 is 7.61. The Kier molecular flexibility index (Phi) is 5.57. The molecule has 0 spiro atoms. The lowest BCUT2D eigenvalue weighted by Gasteiger charge is -2.21. The van der Waals surface area contributed by atoms with E-state index >= 15 is 0 Å². The summed E-state index contributed by atoms with van der Waals surface area (Å²) in [5.41, 5.74) is 0.346. The molecule has 0 saturated carbocycles. The minimum atomic E-state index is -0.741. The third kappa shape index (κ3) is 4.89. The Labute approximate surface area is 128 Å². The molecule has 2 rings (SSSR count). The molecule has 1 heterocycles. The monoisotopic (exact) mass is 314 g/mol. The molecule has 1 fully saturated rings. The molecule has 110 valence electrons. The number of aliphatic hydroxyl groups is 1. The summed E-state index contributed by atoms with van der Waals surface area (Å²) in [4.78, 5) is 11.6. The molecule has 20 heavy (non-hydrogen) atoms. The molecule has 0 aromatic heterocycles. The summed E-state index contributed by atoms with van der Waals surface area (Å²) in [6, 6.07) is 7.34. The fraction of sp³-hybridized carbons (Fsp3) is 0.500. The second kappa shape index (κ2) is 7.20. The summed E-state index contributed by atoms with van der Waals surface area (Å²) in [5, 5.41) is 16.3. The number of hydrogen-bond donors (Lipinski definition) is 3. The summed E-state index contributed by atoms with van der Waals surface area (Å²) in [5.74, 6) is 1.64. The minimum absolute atomic E-state index is 0.239. The molecule has 1 saturated heterocycles. The normalized spacial score (nSPS) is 21.7. The maximum atomic E-state index is 11.6. The molecule has 0 aliphatic carbocycles. The van der Waals surface area contributed by atoms with Crippen LogP contribution in [0.25, 0.3) is 0 Å². The van der Waals surface area contributed by atoms with Gasteiger partial charge in [-0.25, -0.2) is 4.79 Å². The Morgan fingerprint density at radius 3 is 3.00 bits per heavy atom. The molecule has 1 aromatic rings. The molecular formula is C14H19ClN2O2S. The van der Waals surface area contributed by atoms with Crippen LogP contribution in [0.3, 0.4) is 0 Å². The Balaban J connectivity index is 1.65. The molecule has 6 heteroatoms. The van der Waals surface area contributed by atoms with Gasteiger partial charge in [-0.1, -0.05) is 23.7 Å². The van der Waals surface area contributed by atoms with Crippen LogP contribution in [0.2, 0.25) is 5.02 Å². The summed E-state index contributed by atoms with van der Waals surface area (Å²) < 4.78 is 0. The van der Waals surface area contributed by atoms with Crippen molar-refractivity contribution in [2.75, 3.05) is 24.6 Å². The predicted molar refractivity (Wildman–Crippen MR) is 83.4 cm³/mol. The molecular weight excluding hydrogens is 296 g/mol. The van der Waals surface area contributed by atoms with Crippen molar-refractivity contribution in [1.29, 1.82) is 0 Å². The lowest BCUT2D eigenvalue weighted by atomic mass is 10.0. The fourth-order valence-corrected chi connectivity index (χ4v) is 3.56. The highest BCUT2D eigenvalue weighted by Gasteiger charge is 2.31. The number of rotatable bonds is 5. The summed E-state index contributed by atoms with van der Waals surface area (Å²) in [6.07, 6.45) is 1.47. The Bertz CT molecular complexity index is 464. The van der Waals surface area contributed by atoms with Crippen molar-refractivity contribution in [1.82, 2.24) is 10.6 Å². The SMILES string of the molecule is O=C(NCCc1cccc(Cl)c1)NCC1(O)CCSC1. The molecule has 1 unspecified atom stereocenters. The highest BCUT2D eigenvalue weighted by molar-refractivity contribution is 7.99. The first-order chi connectivity index (χ1) is 9.57. The van der Waals surface area contributed by atoms with Crippen molar-refractivity contribution in [2.45, 2.75) is 18.4 Å². The topological polar surface area (TPSA) is 61.4 Å². The van der Waals surface area contributed by atoms with Crippen molar-refractivity contribution < 1.29 is 9.90 Å². The molecule has 1 atom stereocenters. The van der Waals surface area contributed by atoms with Gasteiger partial charge in [-0.15, -0.1) is 0 Å². The van der Waals surface area contributed by atoms with Crippen LogP contribution in [0.5, 0.6) is 0 Å². The van der Waals surface area contributed by atoms with Gasteiger partial charge in [0.1, 0.15) is 0 Å². The standard InChI is InChI=1S/C14H19ClN2O2S/c15-12-3-1-2-11(8-12)4-6-16-13(18)17-9-14(19)5-7-20-10-14/h1-3,8,19H,4-7,9-10H2,(H2,16,17,18). The van der Waals surface area contributed by atoms with Crippen LogP contribution in [0.1, 0.15) is 12.0 Å². The number of urea groups is 1. The third-order valence-electron chi connectivity index (χ3n) is 3.25. The average Bonchev–Trinajstić information content (AvgIpc) is 2.84. The van der Waals surface area contributed by atoms with E-state index in [0.717, 1.165) is 24.2 Å². The van der Waals surface area contributed by atoms with E-state index < -0.39 is 5.60 Å². The van der Waals surface area contributed by atoms with Gasteiger partial charge in [-0.2, -0.15) is 11.8 Å². The van der Waals surface area contributed by atoms with Crippen molar-refractivity contribution in [3.05, 3.63) is 34.9 Å². The van der Waals surface area contributed by atoms with Gasteiger partial charge in [0.25, 0.3) is 0 Å². The molecule has 1 aromatic carbocycles. The zero-order valence-corrected chi connectivity index (χ0v) is 12.8. The van der Waals surface area contributed by atoms with Crippen LogP contribution < -0.4 is 10.6 Å². The highest BCUT2D eigenvalue weighted by atomic mass is 35.5. The van der Waals surface area contributed by atoms with E-state index in [0.29, 0.717) is 23.9 Å². The number of carbonyl (C=O) groups excluding carboxylic acids is 1. The van der Waals surface area contributed by atoms with Crippen LogP contribution in [0, 0.1) is 0 Å². The van der Waals surface area contributed by atoms with Gasteiger partial charge in [0.2, 0.25) is 0 Å². The average molecular weight is 315 g/mol. The first-order valence-electron chi connectivity index (χ1n) is 6.64. The van der Waals surface area contributed by atoms with Crippen LogP contribution in [-0.4, -0.2) is 41.3 Å².